The fraction of sp³-hybridized carbons (Fsp3) is 0.308. The lowest BCUT2D eigenvalue weighted by atomic mass is 9.84. The third-order valence-electron chi connectivity index (χ3n) is 3.05. The van der Waals surface area contributed by atoms with Gasteiger partial charge in [0.25, 0.3) is 0 Å². The molecule has 0 amide bonds. The van der Waals surface area contributed by atoms with Crippen LogP contribution in [-0.4, -0.2) is 16.1 Å². The largest absolute Gasteiger partial charge is 0.481 e. The van der Waals surface area contributed by atoms with Crippen molar-refractivity contribution in [3.8, 4) is 0 Å². The average molecular weight is 217 g/mol. The lowest BCUT2D eigenvalue weighted by molar-refractivity contribution is -0.142. The summed E-state index contributed by atoms with van der Waals surface area (Å²) in [6.07, 6.45) is 1.79. The van der Waals surface area contributed by atoms with Crippen LogP contribution in [0.1, 0.15) is 25.0 Å². The van der Waals surface area contributed by atoms with Crippen molar-refractivity contribution in [3.63, 3.8) is 0 Å². The highest BCUT2D eigenvalue weighted by Crippen LogP contribution is 2.30. The third-order valence-corrected chi connectivity index (χ3v) is 3.05. The zero-order valence-electron chi connectivity index (χ0n) is 9.66. The van der Waals surface area contributed by atoms with Crippen LogP contribution in [0.3, 0.4) is 0 Å². The van der Waals surface area contributed by atoms with Crippen LogP contribution in [0, 0.1) is 6.92 Å². The Balaban J connectivity index is 2.67. The molecule has 0 atom stereocenters. The van der Waals surface area contributed by atoms with Crippen molar-refractivity contribution < 1.29 is 9.90 Å². The molecular formula is C13H15NO2. The number of fused-ring (bicyclic) bond motifs is 1. The Kier molecular flexibility index (Phi) is 2.26. The Morgan fingerprint density at radius 3 is 2.69 bits per heavy atom. The van der Waals surface area contributed by atoms with Gasteiger partial charge in [0.05, 0.1) is 5.41 Å². The van der Waals surface area contributed by atoms with Gasteiger partial charge in [0, 0.05) is 17.1 Å². The Bertz CT molecular complexity index is 552. The van der Waals surface area contributed by atoms with Crippen LogP contribution < -0.4 is 0 Å². The first-order valence-electron chi connectivity index (χ1n) is 5.24. The second-order valence-corrected chi connectivity index (χ2v) is 4.68. The molecule has 0 bridgehead atoms. The average Bonchev–Trinajstić information content (AvgIpc) is 2.60. The summed E-state index contributed by atoms with van der Waals surface area (Å²) >= 11 is 0. The van der Waals surface area contributed by atoms with Gasteiger partial charge in [-0.15, -0.1) is 0 Å². The number of aliphatic carboxylic acids is 1. The summed E-state index contributed by atoms with van der Waals surface area (Å²) in [5.74, 6) is -0.811. The molecule has 0 unspecified atom stereocenters. The molecule has 0 fully saturated rings. The summed E-state index contributed by atoms with van der Waals surface area (Å²) in [5.41, 5.74) is 2.11. The van der Waals surface area contributed by atoms with E-state index in [0.717, 1.165) is 22.0 Å². The molecule has 0 aliphatic heterocycles. The number of hydrogen-bond acceptors (Lipinski definition) is 1. The van der Waals surface area contributed by atoms with Crippen LogP contribution in [0.5, 0.6) is 0 Å². The fourth-order valence-electron chi connectivity index (χ4n) is 1.87. The molecule has 2 aromatic rings. The van der Waals surface area contributed by atoms with Crippen LogP contribution in [0.4, 0.5) is 0 Å². The number of hydrogen-bond donors (Lipinski definition) is 2. The molecule has 0 saturated carbocycles. The van der Waals surface area contributed by atoms with E-state index in [0.29, 0.717) is 0 Å². The number of carboxylic acid groups (broad SMARTS) is 1. The maximum Gasteiger partial charge on any atom is 0.313 e. The van der Waals surface area contributed by atoms with E-state index >= 15 is 0 Å². The molecule has 0 aliphatic carbocycles. The summed E-state index contributed by atoms with van der Waals surface area (Å²) in [4.78, 5) is 14.3. The number of H-pyrrole nitrogens is 1. The molecular weight excluding hydrogens is 202 g/mol. The minimum absolute atomic E-state index is 0.811. The summed E-state index contributed by atoms with van der Waals surface area (Å²) in [5, 5.41) is 10.2. The summed E-state index contributed by atoms with van der Waals surface area (Å²) in [6.45, 7) is 5.46. The van der Waals surface area contributed by atoms with E-state index in [2.05, 4.69) is 4.98 Å². The van der Waals surface area contributed by atoms with Crippen LogP contribution in [-0.2, 0) is 10.2 Å². The van der Waals surface area contributed by atoms with E-state index in [1.807, 2.05) is 25.1 Å². The highest BCUT2D eigenvalue weighted by Gasteiger charge is 2.31. The van der Waals surface area contributed by atoms with Crippen molar-refractivity contribution in [2.45, 2.75) is 26.2 Å². The summed E-state index contributed by atoms with van der Waals surface area (Å²) in [6, 6.07) is 6.00. The van der Waals surface area contributed by atoms with Crippen molar-refractivity contribution >= 4 is 16.9 Å². The molecule has 1 aromatic carbocycles. The van der Waals surface area contributed by atoms with Gasteiger partial charge in [-0.3, -0.25) is 4.79 Å². The SMILES string of the molecule is Cc1ccc2c(C(C)(C)C(=O)O)c[nH]c2c1. The van der Waals surface area contributed by atoms with Crippen molar-refractivity contribution in [3.05, 3.63) is 35.5 Å². The topological polar surface area (TPSA) is 53.1 Å². The van der Waals surface area contributed by atoms with E-state index < -0.39 is 11.4 Å². The van der Waals surface area contributed by atoms with Gasteiger partial charge in [-0.25, -0.2) is 0 Å². The highest BCUT2D eigenvalue weighted by atomic mass is 16.4. The summed E-state index contributed by atoms with van der Waals surface area (Å²) < 4.78 is 0. The molecule has 1 aromatic heterocycles. The lowest BCUT2D eigenvalue weighted by Crippen LogP contribution is -2.28. The van der Waals surface area contributed by atoms with Gasteiger partial charge < -0.3 is 10.1 Å². The normalized spacial score (nSPS) is 11.9. The molecule has 84 valence electrons. The molecule has 0 radical (unpaired) electrons. The Labute approximate surface area is 94.1 Å². The second-order valence-electron chi connectivity index (χ2n) is 4.68. The number of nitrogens with one attached hydrogen (secondary N) is 1. The fourth-order valence-corrected chi connectivity index (χ4v) is 1.87. The lowest BCUT2D eigenvalue weighted by Gasteiger charge is -2.18. The van der Waals surface area contributed by atoms with E-state index in [1.54, 1.807) is 20.0 Å². The first kappa shape index (κ1) is 10.7. The van der Waals surface area contributed by atoms with Gasteiger partial charge in [-0.1, -0.05) is 12.1 Å². The molecule has 2 rings (SSSR count). The van der Waals surface area contributed by atoms with Crippen LogP contribution in [0.25, 0.3) is 10.9 Å². The van der Waals surface area contributed by atoms with E-state index in [4.69, 9.17) is 0 Å². The predicted octanol–water partition coefficient (Wildman–Crippen LogP) is 2.84. The van der Waals surface area contributed by atoms with Crippen molar-refractivity contribution in [2.75, 3.05) is 0 Å². The number of aromatic amines is 1. The van der Waals surface area contributed by atoms with Crippen LogP contribution in [0.15, 0.2) is 24.4 Å². The smallest absolute Gasteiger partial charge is 0.313 e. The number of benzene rings is 1. The van der Waals surface area contributed by atoms with E-state index in [9.17, 15) is 9.90 Å². The second kappa shape index (κ2) is 3.37. The van der Waals surface area contributed by atoms with Crippen LogP contribution >= 0.6 is 0 Å². The first-order valence-corrected chi connectivity index (χ1v) is 5.24. The Morgan fingerprint density at radius 1 is 1.38 bits per heavy atom. The number of carboxylic acids is 1. The quantitative estimate of drug-likeness (QED) is 0.812. The zero-order chi connectivity index (χ0) is 11.9. The maximum atomic E-state index is 11.2. The molecule has 16 heavy (non-hydrogen) atoms. The Morgan fingerprint density at radius 2 is 2.06 bits per heavy atom. The van der Waals surface area contributed by atoms with Gasteiger partial charge in [-0.2, -0.15) is 0 Å². The number of aromatic nitrogens is 1. The summed E-state index contributed by atoms with van der Waals surface area (Å²) in [7, 11) is 0. The Hall–Kier alpha value is -1.77. The third kappa shape index (κ3) is 1.48. The van der Waals surface area contributed by atoms with Gasteiger partial charge >= 0.3 is 5.97 Å². The molecule has 0 spiro atoms. The maximum absolute atomic E-state index is 11.2. The van der Waals surface area contributed by atoms with Gasteiger partial charge in [0.15, 0.2) is 0 Å². The van der Waals surface area contributed by atoms with Gasteiger partial charge in [0.1, 0.15) is 0 Å². The standard InChI is InChI=1S/C13H15NO2/c1-8-4-5-9-10(7-14-11(9)6-8)13(2,3)12(15)16/h4-7,14H,1-3H3,(H,15,16). The molecule has 1 heterocycles. The molecule has 3 heteroatoms. The van der Waals surface area contributed by atoms with Crippen molar-refractivity contribution in [1.29, 1.82) is 0 Å². The molecule has 2 N–H and O–H groups in total. The predicted molar refractivity (Wildman–Crippen MR) is 63.7 cm³/mol. The monoisotopic (exact) mass is 217 g/mol. The van der Waals surface area contributed by atoms with Crippen molar-refractivity contribution in [1.82, 2.24) is 4.98 Å². The molecule has 3 nitrogen and oxygen atoms in total. The van der Waals surface area contributed by atoms with E-state index in [1.165, 1.54) is 0 Å². The highest BCUT2D eigenvalue weighted by molar-refractivity contribution is 5.91. The van der Waals surface area contributed by atoms with Gasteiger partial charge in [0.2, 0.25) is 0 Å². The number of rotatable bonds is 2. The first-order chi connectivity index (χ1) is 7.43. The molecule has 0 saturated heterocycles. The molecule has 0 aliphatic rings. The van der Waals surface area contributed by atoms with Crippen LogP contribution in [0.2, 0.25) is 0 Å². The zero-order valence-corrected chi connectivity index (χ0v) is 9.66. The van der Waals surface area contributed by atoms with Gasteiger partial charge in [-0.05, 0) is 38.0 Å². The minimum Gasteiger partial charge on any atom is -0.481 e. The number of aryl methyl sites for hydroxylation is 1. The van der Waals surface area contributed by atoms with Crippen molar-refractivity contribution in [2.24, 2.45) is 0 Å². The minimum atomic E-state index is -0.868. The van der Waals surface area contributed by atoms with E-state index in [-0.39, 0.29) is 0 Å². The number of carbonyl (C=O) groups is 1.